The molecule has 6 nitrogen and oxygen atoms in total. The van der Waals surface area contributed by atoms with Crippen molar-refractivity contribution in [2.24, 2.45) is 0 Å². The zero-order valence-corrected chi connectivity index (χ0v) is 15.1. The van der Waals surface area contributed by atoms with Crippen molar-refractivity contribution in [1.29, 1.82) is 0 Å². The summed E-state index contributed by atoms with van der Waals surface area (Å²) in [6, 6.07) is 9.92. The number of anilines is 2. The number of aromatic nitrogens is 2. The molecule has 1 fully saturated rings. The Bertz CT molecular complexity index is 736. The van der Waals surface area contributed by atoms with Gasteiger partial charge < -0.3 is 15.1 Å². The Morgan fingerprint density at radius 3 is 2.44 bits per heavy atom. The fraction of sp³-hybridized carbons (Fsp3) is 0.421. The lowest BCUT2D eigenvalue weighted by molar-refractivity contribution is 0.0658. The van der Waals surface area contributed by atoms with Gasteiger partial charge in [-0.15, -0.1) is 0 Å². The van der Waals surface area contributed by atoms with Crippen LogP contribution >= 0.6 is 0 Å². The maximum atomic E-state index is 12.7. The summed E-state index contributed by atoms with van der Waals surface area (Å²) in [6.07, 6.45) is 1.00. The lowest BCUT2D eigenvalue weighted by Crippen LogP contribution is -2.47. The Balaban J connectivity index is 1.76. The highest BCUT2D eigenvalue weighted by atomic mass is 16.2. The molecule has 1 aliphatic rings. The van der Waals surface area contributed by atoms with Gasteiger partial charge in [0.25, 0.3) is 5.91 Å². The van der Waals surface area contributed by atoms with E-state index in [9.17, 15) is 4.79 Å². The molecule has 2 aromatic rings. The first-order valence-electron chi connectivity index (χ1n) is 8.74. The van der Waals surface area contributed by atoms with Crippen LogP contribution in [0.4, 0.5) is 11.6 Å². The molecule has 25 heavy (non-hydrogen) atoms. The van der Waals surface area contributed by atoms with E-state index in [0.717, 1.165) is 44.0 Å². The van der Waals surface area contributed by atoms with Crippen molar-refractivity contribution in [2.45, 2.75) is 20.3 Å². The summed E-state index contributed by atoms with van der Waals surface area (Å²) in [5, 5.41) is 3.20. The van der Waals surface area contributed by atoms with Crippen molar-refractivity contribution in [3.63, 3.8) is 0 Å². The van der Waals surface area contributed by atoms with Crippen molar-refractivity contribution in [3.8, 4) is 0 Å². The van der Waals surface area contributed by atoms with E-state index in [0.29, 0.717) is 11.6 Å². The summed E-state index contributed by atoms with van der Waals surface area (Å²) < 4.78 is 0. The van der Waals surface area contributed by atoms with Crippen LogP contribution in [0.2, 0.25) is 0 Å². The molecule has 0 bridgehead atoms. The fourth-order valence-electron chi connectivity index (χ4n) is 2.86. The monoisotopic (exact) mass is 339 g/mol. The second-order valence-electron chi connectivity index (χ2n) is 6.49. The second-order valence-corrected chi connectivity index (χ2v) is 6.49. The highest BCUT2D eigenvalue weighted by Gasteiger charge is 2.22. The first kappa shape index (κ1) is 17.4. The third kappa shape index (κ3) is 4.33. The molecule has 0 radical (unpaired) electrons. The van der Waals surface area contributed by atoms with Crippen molar-refractivity contribution in [2.75, 3.05) is 38.5 Å². The number of aryl methyl sites for hydroxylation is 2. The number of hydrogen-bond acceptors (Lipinski definition) is 5. The summed E-state index contributed by atoms with van der Waals surface area (Å²) in [5.74, 6) is 0.435. The molecule has 0 spiro atoms. The fourth-order valence-corrected chi connectivity index (χ4v) is 2.86. The molecular weight excluding hydrogens is 314 g/mol. The number of carbonyl (C=O) groups excluding carboxylic acids is 1. The van der Waals surface area contributed by atoms with Crippen LogP contribution in [0.3, 0.4) is 0 Å². The molecular formula is C19H25N5O. The quantitative estimate of drug-likeness (QED) is 0.927. The molecule has 0 unspecified atom stereocenters. The summed E-state index contributed by atoms with van der Waals surface area (Å²) in [7, 11) is 2.07. The van der Waals surface area contributed by atoms with Gasteiger partial charge in [0.2, 0.25) is 5.95 Å². The molecule has 132 valence electrons. The van der Waals surface area contributed by atoms with E-state index >= 15 is 0 Å². The lowest BCUT2D eigenvalue weighted by atomic mass is 10.1. The van der Waals surface area contributed by atoms with E-state index in [-0.39, 0.29) is 5.91 Å². The van der Waals surface area contributed by atoms with E-state index in [4.69, 9.17) is 0 Å². The van der Waals surface area contributed by atoms with Crippen molar-refractivity contribution >= 4 is 17.5 Å². The molecule has 3 rings (SSSR count). The summed E-state index contributed by atoms with van der Waals surface area (Å²) in [4.78, 5) is 25.7. The van der Waals surface area contributed by atoms with Crippen molar-refractivity contribution < 1.29 is 4.79 Å². The number of rotatable bonds is 4. The van der Waals surface area contributed by atoms with Gasteiger partial charge in [-0.05, 0) is 44.2 Å². The van der Waals surface area contributed by atoms with Crippen LogP contribution in [0.1, 0.15) is 28.7 Å². The van der Waals surface area contributed by atoms with Crippen molar-refractivity contribution in [3.05, 3.63) is 47.3 Å². The summed E-state index contributed by atoms with van der Waals surface area (Å²) in [5.41, 5.74) is 3.42. The summed E-state index contributed by atoms with van der Waals surface area (Å²) in [6.45, 7) is 7.27. The highest BCUT2D eigenvalue weighted by Crippen LogP contribution is 2.16. The Morgan fingerprint density at radius 2 is 1.80 bits per heavy atom. The zero-order valence-electron chi connectivity index (χ0n) is 15.1. The predicted molar refractivity (Wildman–Crippen MR) is 99.3 cm³/mol. The SMILES string of the molecule is CCc1ccc(Nc2nc(C)cc(C(=O)N3CCN(C)CC3)n2)cc1. The van der Waals surface area contributed by atoms with Crippen LogP contribution in [0.5, 0.6) is 0 Å². The third-order valence-electron chi connectivity index (χ3n) is 4.48. The summed E-state index contributed by atoms with van der Waals surface area (Å²) >= 11 is 0. The Labute approximate surface area is 148 Å². The van der Waals surface area contributed by atoms with Gasteiger partial charge in [0.15, 0.2) is 0 Å². The number of hydrogen-bond donors (Lipinski definition) is 1. The number of nitrogens with one attached hydrogen (secondary N) is 1. The van der Waals surface area contributed by atoms with Gasteiger partial charge in [-0.1, -0.05) is 19.1 Å². The van der Waals surface area contributed by atoms with Crippen LogP contribution in [0, 0.1) is 6.92 Å². The first-order chi connectivity index (χ1) is 12.0. The molecule has 1 amide bonds. The Hall–Kier alpha value is -2.47. The van der Waals surface area contributed by atoms with Crippen LogP contribution in [-0.2, 0) is 6.42 Å². The number of piperazine rings is 1. The average Bonchev–Trinajstić information content (AvgIpc) is 2.62. The average molecular weight is 339 g/mol. The third-order valence-corrected chi connectivity index (χ3v) is 4.48. The molecule has 0 atom stereocenters. The number of amides is 1. The molecule has 1 aromatic carbocycles. The van der Waals surface area contributed by atoms with Gasteiger partial charge in [0, 0.05) is 37.6 Å². The van der Waals surface area contributed by atoms with Gasteiger partial charge in [-0.3, -0.25) is 4.79 Å². The molecule has 1 saturated heterocycles. The normalized spacial score (nSPS) is 15.2. The number of benzene rings is 1. The van der Waals surface area contributed by atoms with Gasteiger partial charge in [-0.2, -0.15) is 0 Å². The molecule has 1 aromatic heterocycles. The van der Waals surface area contributed by atoms with Crippen LogP contribution < -0.4 is 5.32 Å². The van der Waals surface area contributed by atoms with Gasteiger partial charge >= 0.3 is 0 Å². The van der Waals surface area contributed by atoms with Crippen LogP contribution in [0.15, 0.2) is 30.3 Å². The standard InChI is InChI=1S/C19H25N5O/c1-4-15-5-7-16(8-6-15)21-19-20-14(2)13-17(22-19)18(25)24-11-9-23(3)10-12-24/h5-8,13H,4,9-12H2,1-3H3,(H,20,21,22). The maximum absolute atomic E-state index is 12.7. The molecule has 1 aliphatic heterocycles. The lowest BCUT2D eigenvalue weighted by Gasteiger charge is -2.32. The molecule has 1 N–H and O–H groups in total. The van der Waals surface area contributed by atoms with Crippen molar-refractivity contribution in [1.82, 2.24) is 19.8 Å². The Kier molecular flexibility index (Phi) is 5.28. The minimum atomic E-state index is -0.0250. The van der Waals surface area contributed by atoms with Gasteiger partial charge in [-0.25, -0.2) is 9.97 Å². The Morgan fingerprint density at radius 1 is 1.12 bits per heavy atom. The van der Waals surface area contributed by atoms with Gasteiger partial charge in [0.05, 0.1) is 0 Å². The second kappa shape index (κ2) is 7.61. The number of nitrogens with zero attached hydrogens (tertiary/aromatic N) is 4. The van der Waals surface area contributed by atoms with E-state index in [1.54, 1.807) is 6.07 Å². The van der Waals surface area contributed by atoms with E-state index in [1.807, 2.05) is 24.0 Å². The topological polar surface area (TPSA) is 61.4 Å². The number of likely N-dealkylation sites (N-methyl/N-ethyl adjacent to an activating group) is 1. The molecule has 6 heteroatoms. The van der Waals surface area contributed by atoms with Crippen LogP contribution in [0.25, 0.3) is 0 Å². The largest absolute Gasteiger partial charge is 0.335 e. The minimum Gasteiger partial charge on any atom is -0.335 e. The zero-order chi connectivity index (χ0) is 17.8. The molecule has 0 saturated carbocycles. The van der Waals surface area contributed by atoms with Crippen LogP contribution in [-0.4, -0.2) is 58.9 Å². The maximum Gasteiger partial charge on any atom is 0.272 e. The highest BCUT2D eigenvalue weighted by molar-refractivity contribution is 5.92. The number of carbonyl (C=O) groups is 1. The van der Waals surface area contributed by atoms with E-state index in [1.165, 1.54) is 5.56 Å². The van der Waals surface area contributed by atoms with E-state index in [2.05, 4.69) is 46.3 Å². The minimum absolute atomic E-state index is 0.0250. The molecule has 0 aliphatic carbocycles. The van der Waals surface area contributed by atoms with Gasteiger partial charge in [0.1, 0.15) is 5.69 Å². The smallest absolute Gasteiger partial charge is 0.272 e. The first-order valence-corrected chi connectivity index (χ1v) is 8.74. The van der Waals surface area contributed by atoms with E-state index < -0.39 is 0 Å². The predicted octanol–water partition coefficient (Wildman–Crippen LogP) is 2.48. The molecule has 2 heterocycles.